The molecule has 1 unspecified atom stereocenters. The van der Waals surface area contributed by atoms with E-state index in [1.54, 1.807) is 0 Å². The van der Waals surface area contributed by atoms with Gasteiger partial charge in [0.1, 0.15) is 11.5 Å². The summed E-state index contributed by atoms with van der Waals surface area (Å²) in [5.74, 6) is 2.21. The van der Waals surface area contributed by atoms with E-state index in [9.17, 15) is 9.66 Å². The van der Waals surface area contributed by atoms with E-state index in [2.05, 4.69) is 27.7 Å². The van der Waals surface area contributed by atoms with Gasteiger partial charge in [-0.1, -0.05) is 34.1 Å². The van der Waals surface area contributed by atoms with Crippen LogP contribution in [0.5, 0.6) is 5.75 Å². The fourth-order valence-electron chi connectivity index (χ4n) is 7.05. The fraction of sp³-hybridized carbons (Fsp3) is 0.727. The lowest BCUT2D eigenvalue weighted by Crippen LogP contribution is -2.59. The summed E-state index contributed by atoms with van der Waals surface area (Å²) >= 11 is -1.01. The van der Waals surface area contributed by atoms with Crippen molar-refractivity contribution in [1.82, 2.24) is 0 Å². The Morgan fingerprint density at radius 2 is 1.80 bits per heavy atom. The van der Waals surface area contributed by atoms with E-state index in [0.717, 1.165) is 28.2 Å². The molecule has 1 aromatic rings. The minimum absolute atomic E-state index is 0.0559. The third kappa shape index (κ3) is 2.34. The predicted octanol–water partition coefficient (Wildman–Crippen LogP) is 5.32. The summed E-state index contributed by atoms with van der Waals surface area (Å²) in [7, 11) is 0. The maximum absolute atomic E-state index is 13.2. The zero-order valence-electron chi connectivity index (χ0n) is 16.3. The number of hydrogen-bond acceptors (Lipinski definition) is 2. The average Bonchev–Trinajstić information content (AvgIpc) is 2.48. The largest absolute Gasteiger partial charge is 0.611 e. The Kier molecular flexibility index (Phi) is 3.84. The molecule has 3 aliphatic rings. The second-order valence-electron chi connectivity index (χ2n) is 10.1. The monoisotopic (exact) mass is 360 g/mol. The Morgan fingerprint density at radius 3 is 2.52 bits per heavy atom. The van der Waals surface area contributed by atoms with Crippen LogP contribution in [0.25, 0.3) is 0 Å². The molecule has 3 heteroatoms. The van der Waals surface area contributed by atoms with E-state index in [1.165, 1.54) is 25.7 Å². The molecule has 25 heavy (non-hydrogen) atoms. The van der Waals surface area contributed by atoms with Crippen molar-refractivity contribution in [3.63, 3.8) is 0 Å². The molecule has 1 aromatic carbocycles. The lowest BCUT2D eigenvalue weighted by molar-refractivity contribution is -0.0984. The molecule has 0 amide bonds. The van der Waals surface area contributed by atoms with Gasteiger partial charge >= 0.3 is 0 Å². The molecule has 1 heterocycles. The van der Waals surface area contributed by atoms with Crippen molar-refractivity contribution in [3.8, 4) is 5.75 Å². The number of benzene rings is 1. The molecule has 0 aromatic heterocycles. The van der Waals surface area contributed by atoms with Crippen molar-refractivity contribution >= 4 is 11.2 Å². The molecule has 1 N–H and O–H groups in total. The van der Waals surface area contributed by atoms with Crippen LogP contribution in [0, 0.1) is 29.6 Å². The molecule has 0 radical (unpaired) electrons. The zero-order valence-corrected chi connectivity index (χ0v) is 17.1. The molecule has 138 valence electrons. The van der Waals surface area contributed by atoms with Crippen LogP contribution < -0.4 is 0 Å². The Morgan fingerprint density at radius 1 is 1.08 bits per heavy atom. The molecule has 2 saturated carbocycles. The maximum atomic E-state index is 13.2. The summed E-state index contributed by atoms with van der Waals surface area (Å²) < 4.78 is 13.2. The highest BCUT2D eigenvalue weighted by Gasteiger charge is 2.62. The van der Waals surface area contributed by atoms with Crippen LogP contribution in [0.4, 0.5) is 0 Å². The van der Waals surface area contributed by atoms with Gasteiger partial charge in [-0.25, -0.2) is 0 Å². The topological polar surface area (TPSA) is 43.3 Å². The van der Waals surface area contributed by atoms with Gasteiger partial charge < -0.3 is 9.66 Å². The van der Waals surface area contributed by atoms with Gasteiger partial charge in [0.2, 0.25) is 0 Å². The van der Waals surface area contributed by atoms with E-state index in [-0.39, 0.29) is 10.8 Å². The van der Waals surface area contributed by atoms with Gasteiger partial charge in [-0.05, 0) is 78.2 Å². The highest BCUT2D eigenvalue weighted by Crippen LogP contribution is 2.67. The first-order valence-corrected chi connectivity index (χ1v) is 11.1. The normalized spacial score (nSPS) is 42.2. The SMILES string of the molecule is Cc1cc(O)c2c(c1)[S+]([O-])C[C@@H]1[C@@]3(C)CCCC(C)(C)[C@@H]3CC[C@@]21C. The second-order valence-corrected chi connectivity index (χ2v) is 11.5. The van der Waals surface area contributed by atoms with Crippen molar-refractivity contribution in [2.24, 2.45) is 22.7 Å². The Hall–Kier alpha value is -0.670. The van der Waals surface area contributed by atoms with Gasteiger partial charge in [-0.2, -0.15) is 0 Å². The quantitative estimate of drug-likeness (QED) is 0.636. The second kappa shape index (κ2) is 5.42. The fourth-order valence-corrected chi connectivity index (χ4v) is 9.17. The molecular formula is C22H32O2S. The Bertz CT molecular complexity index is 712. The van der Waals surface area contributed by atoms with Crippen molar-refractivity contribution in [3.05, 3.63) is 23.3 Å². The molecule has 2 fully saturated rings. The van der Waals surface area contributed by atoms with E-state index in [1.807, 2.05) is 19.1 Å². The predicted molar refractivity (Wildman–Crippen MR) is 103 cm³/mol. The highest BCUT2D eigenvalue weighted by atomic mass is 32.2. The molecular weight excluding hydrogens is 328 g/mol. The van der Waals surface area contributed by atoms with Crippen molar-refractivity contribution in [2.75, 3.05) is 5.75 Å². The number of phenols is 1. The number of phenolic OH excluding ortho intramolecular Hbond substituents is 1. The highest BCUT2D eigenvalue weighted by molar-refractivity contribution is 7.91. The third-order valence-corrected chi connectivity index (χ3v) is 9.60. The summed E-state index contributed by atoms with van der Waals surface area (Å²) in [5.41, 5.74) is 2.53. The van der Waals surface area contributed by atoms with Crippen molar-refractivity contribution in [2.45, 2.75) is 77.0 Å². The summed E-state index contributed by atoms with van der Waals surface area (Å²) in [6.07, 6.45) is 6.13. The van der Waals surface area contributed by atoms with Crippen LogP contribution >= 0.6 is 0 Å². The minimum Gasteiger partial charge on any atom is -0.611 e. The van der Waals surface area contributed by atoms with Crippen LogP contribution in [0.3, 0.4) is 0 Å². The van der Waals surface area contributed by atoms with Crippen LogP contribution in [-0.4, -0.2) is 15.4 Å². The first-order valence-electron chi connectivity index (χ1n) is 9.82. The summed E-state index contributed by atoms with van der Waals surface area (Å²) in [6.45, 7) is 11.7. The van der Waals surface area contributed by atoms with Gasteiger partial charge in [0.15, 0.2) is 4.90 Å². The summed E-state index contributed by atoms with van der Waals surface area (Å²) in [4.78, 5) is 0.897. The first kappa shape index (κ1) is 17.7. The number of fused-ring (bicyclic) bond motifs is 5. The molecule has 0 bridgehead atoms. The van der Waals surface area contributed by atoms with Gasteiger partial charge in [0.25, 0.3) is 0 Å². The van der Waals surface area contributed by atoms with E-state index in [0.29, 0.717) is 23.0 Å². The number of hydrogen-bond donors (Lipinski definition) is 1. The first-order chi connectivity index (χ1) is 11.6. The van der Waals surface area contributed by atoms with Gasteiger partial charge in [-0.15, -0.1) is 0 Å². The number of aryl methyl sites for hydroxylation is 1. The molecule has 2 aliphatic carbocycles. The molecule has 1 aliphatic heterocycles. The van der Waals surface area contributed by atoms with Gasteiger partial charge in [0, 0.05) is 11.3 Å². The number of rotatable bonds is 0. The van der Waals surface area contributed by atoms with Gasteiger partial charge in [0.05, 0.1) is 5.56 Å². The molecule has 4 rings (SSSR count). The van der Waals surface area contributed by atoms with Crippen LogP contribution in [0.2, 0.25) is 0 Å². The van der Waals surface area contributed by atoms with E-state index < -0.39 is 11.2 Å². The van der Waals surface area contributed by atoms with Gasteiger partial charge in [-0.3, -0.25) is 0 Å². The smallest absolute Gasteiger partial charge is 0.160 e. The minimum atomic E-state index is -1.01. The van der Waals surface area contributed by atoms with Crippen molar-refractivity contribution < 1.29 is 9.66 Å². The Balaban J connectivity index is 1.88. The molecule has 0 spiro atoms. The molecule has 2 nitrogen and oxygen atoms in total. The zero-order chi connectivity index (χ0) is 18.2. The molecule has 5 atom stereocenters. The van der Waals surface area contributed by atoms with Crippen molar-refractivity contribution in [1.29, 1.82) is 0 Å². The Labute approximate surface area is 155 Å². The average molecular weight is 361 g/mol. The van der Waals surface area contributed by atoms with Crippen LogP contribution in [0.1, 0.15) is 70.9 Å². The van der Waals surface area contributed by atoms with E-state index >= 15 is 0 Å². The lowest BCUT2D eigenvalue weighted by Gasteiger charge is -2.63. The van der Waals surface area contributed by atoms with E-state index in [4.69, 9.17) is 0 Å². The molecule has 0 saturated heterocycles. The standard InChI is InChI=1S/C22H32O2S/c1-14-11-15(23)19-16(12-14)25(24)13-18-21(4)9-6-8-20(2,3)17(21)7-10-22(18,19)5/h11-12,17-18,23H,6-10,13H2,1-5H3/t17-,18+,21-,22+,25?/m0/s1. The number of aromatic hydroxyl groups is 1. The van der Waals surface area contributed by atoms with Crippen LogP contribution in [0.15, 0.2) is 17.0 Å². The van der Waals surface area contributed by atoms with Crippen LogP contribution in [-0.2, 0) is 16.6 Å². The third-order valence-electron chi connectivity index (χ3n) is 8.15. The summed E-state index contributed by atoms with van der Waals surface area (Å²) in [5, 5.41) is 10.8. The lowest BCUT2D eigenvalue weighted by atomic mass is 9.43. The summed E-state index contributed by atoms with van der Waals surface area (Å²) in [6, 6.07) is 3.91. The maximum Gasteiger partial charge on any atom is 0.160 e.